The van der Waals surface area contributed by atoms with Gasteiger partial charge >= 0.3 is 11.9 Å². The van der Waals surface area contributed by atoms with Crippen molar-refractivity contribution in [2.45, 2.75) is 12.3 Å². The van der Waals surface area contributed by atoms with Gasteiger partial charge in [0, 0.05) is 0 Å². The van der Waals surface area contributed by atoms with Crippen molar-refractivity contribution < 1.29 is 23.1 Å². The third-order valence-electron chi connectivity index (χ3n) is 1.25. The Hall–Kier alpha value is -1.39. The molecule has 0 aliphatic heterocycles. The summed E-state index contributed by atoms with van der Waals surface area (Å²) in [6.45, 7) is 0. The van der Waals surface area contributed by atoms with Crippen molar-refractivity contribution in [1.29, 1.82) is 0 Å². The van der Waals surface area contributed by atoms with E-state index in [-0.39, 0.29) is 0 Å². The van der Waals surface area contributed by atoms with Crippen LogP contribution in [0.5, 0.6) is 0 Å². The monoisotopic (exact) mass is 176 g/mol. The molecule has 0 atom stereocenters. The lowest BCUT2D eigenvalue weighted by Crippen LogP contribution is -2.17. The first-order valence-electron chi connectivity index (χ1n) is 3.16. The first-order chi connectivity index (χ1) is 5.52. The number of carboxylic acid groups (broad SMARTS) is 1. The molecular weight excluding hydrogens is 170 g/mol. The zero-order valence-electron chi connectivity index (χ0n) is 5.96. The molecule has 1 aromatic rings. The van der Waals surface area contributed by atoms with Gasteiger partial charge in [-0.1, -0.05) is 0 Å². The Morgan fingerprint density at radius 3 is 2.75 bits per heavy atom. The molecule has 0 spiro atoms. The van der Waals surface area contributed by atoms with Gasteiger partial charge in [-0.2, -0.15) is 8.78 Å². The van der Waals surface area contributed by atoms with Gasteiger partial charge in [0.15, 0.2) is 5.76 Å². The van der Waals surface area contributed by atoms with Crippen molar-refractivity contribution in [3.63, 3.8) is 0 Å². The van der Waals surface area contributed by atoms with Crippen molar-refractivity contribution in [3.05, 3.63) is 24.2 Å². The fraction of sp³-hybridized carbons (Fsp3) is 0.286. The molecule has 0 unspecified atom stereocenters. The van der Waals surface area contributed by atoms with Crippen LogP contribution in [0.15, 0.2) is 22.8 Å². The van der Waals surface area contributed by atoms with Crippen LogP contribution in [0.3, 0.4) is 0 Å². The Morgan fingerprint density at radius 1 is 1.67 bits per heavy atom. The summed E-state index contributed by atoms with van der Waals surface area (Å²) in [5.74, 6) is -5.60. The molecule has 12 heavy (non-hydrogen) atoms. The molecular formula is C7H6F2O3. The highest BCUT2D eigenvalue weighted by Crippen LogP contribution is 2.31. The molecule has 1 heterocycles. The minimum absolute atomic E-state index is 0.620. The van der Waals surface area contributed by atoms with Gasteiger partial charge in [-0.25, -0.2) is 0 Å². The lowest BCUT2D eigenvalue weighted by atomic mass is 10.2. The number of furan rings is 1. The molecule has 0 radical (unpaired) electrons. The molecule has 66 valence electrons. The van der Waals surface area contributed by atoms with Crippen LogP contribution < -0.4 is 0 Å². The molecule has 1 N–H and O–H groups in total. The number of alkyl halides is 2. The van der Waals surface area contributed by atoms with Crippen molar-refractivity contribution in [3.8, 4) is 0 Å². The predicted octanol–water partition coefficient (Wildman–Crippen LogP) is 1.85. The van der Waals surface area contributed by atoms with Gasteiger partial charge in [-0.15, -0.1) is 0 Å². The highest BCUT2D eigenvalue weighted by atomic mass is 19.3. The Morgan fingerprint density at radius 2 is 2.33 bits per heavy atom. The molecule has 0 aromatic carbocycles. The van der Waals surface area contributed by atoms with E-state index < -0.39 is 24.1 Å². The number of hydrogen-bond acceptors (Lipinski definition) is 2. The topological polar surface area (TPSA) is 50.4 Å². The summed E-state index contributed by atoms with van der Waals surface area (Å²) in [5, 5.41) is 8.13. The Bertz CT molecular complexity index is 266. The van der Waals surface area contributed by atoms with Gasteiger partial charge in [0.05, 0.1) is 6.26 Å². The van der Waals surface area contributed by atoms with Crippen LogP contribution >= 0.6 is 0 Å². The molecule has 0 amide bonds. The van der Waals surface area contributed by atoms with Gasteiger partial charge < -0.3 is 9.52 Å². The van der Waals surface area contributed by atoms with E-state index in [4.69, 9.17) is 5.11 Å². The maximum Gasteiger partial charge on any atom is 0.315 e. The smallest absolute Gasteiger partial charge is 0.315 e. The SMILES string of the molecule is O=C(O)CC(F)(F)c1ccco1. The van der Waals surface area contributed by atoms with E-state index in [2.05, 4.69) is 4.42 Å². The second-order valence-corrected chi connectivity index (χ2v) is 2.25. The van der Waals surface area contributed by atoms with Crippen molar-refractivity contribution >= 4 is 5.97 Å². The normalized spacial score (nSPS) is 11.5. The summed E-state index contributed by atoms with van der Waals surface area (Å²) in [6.07, 6.45) is -0.175. The second kappa shape index (κ2) is 2.92. The predicted molar refractivity (Wildman–Crippen MR) is 34.9 cm³/mol. The average Bonchev–Trinajstić information content (AvgIpc) is 2.32. The molecule has 0 aliphatic carbocycles. The van der Waals surface area contributed by atoms with Crippen LogP contribution in [-0.4, -0.2) is 11.1 Å². The minimum Gasteiger partial charge on any atom is -0.481 e. The number of rotatable bonds is 3. The minimum atomic E-state index is -3.42. The van der Waals surface area contributed by atoms with Crippen LogP contribution in [0.2, 0.25) is 0 Å². The summed E-state index contributed by atoms with van der Waals surface area (Å²) in [6, 6.07) is 2.33. The number of halogens is 2. The van der Waals surface area contributed by atoms with Crippen molar-refractivity contribution in [2.75, 3.05) is 0 Å². The summed E-state index contributed by atoms with van der Waals surface area (Å²) in [7, 11) is 0. The Labute approximate surface area is 66.6 Å². The average molecular weight is 176 g/mol. The molecule has 0 bridgehead atoms. The first-order valence-corrected chi connectivity index (χ1v) is 3.16. The third-order valence-corrected chi connectivity index (χ3v) is 1.25. The molecule has 1 rings (SSSR count). The lowest BCUT2D eigenvalue weighted by molar-refractivity contribution is -0.146. The first kappa shape index (κ1) is 8.70. The number of carboxylic acids is 1. The number of hydrogen-bond donors (Lipinski definition) is 1. The Kier molecular flexibility index (Phi) is 2.12. The van der Waals surface area contributed by atoms with E-state index in [9.17, 15) is 13.6 Å². The standard InChI is InChI=1S/C7H6F2O3/c8-7(9,4-6(10)11)5-2-1-3-12-5/h1-3H,4H2,(H,10,11). The maximum atomic E-state index is 12.8. The van der Waals surface area contributed by atoms with E-state index in [0.717, 1.165) is 12.3 Å². The second-order valence-electron chi connectivity index (χ2n) is 2.25. The number of aliphatic carboxylic acids is 1. The number of carbonyl (C=O) groups is 1. The quantitative estimate of drug-likeness (QED) is 0.764. The largest absolute Gasteiger partial charge is 0.481 e. The van der Waals surface area contributed by atoms with E-state index in [1.807, 2.05) is 0 Å². The van der Waals surface area contributed by atoms with Gasteiger partial charge in [0.2, 0.25) is 0 Å². The fourth-order valence-corrected chi connectivity index (χ4v) is 0.764. The molecule has 5 heteroatoms. The molecule has 0 saturated carbocycles. The van der Waals surface area contributed by atoms with E-state index >= 15 is 0 Å². The molecule has 0 fully saturated rings. The van der Waals surface area contributed by atoms with Crippen molar-refractivity contribution in [1.82, 2.24) is 0 Å². The van der Waals surface area contributed by atoms with E-state index in [0.29, 0.717) is 0 Å². The van der Waals surface area contributed by atoms with Crippen LogP contribution in [0.1, 0.15) is 12.2 Å². The highest BCUT2D eigenvalue weighted by molar-refractivity contribution is 5.68. The summed E-state index contributed by atoms with van der Waals surface area (Å²) in [5.41, 5.74) is 0. The van der Waals surface area contributed by atoms with Gasteiger partial charge in [0.25, 0.3) is 0 Å². The molecule has 3 nitrogen and oxygen atoms in total. The Balaban J connectivity index is 2.79. The lowest BCUT2D eigenvalue weighted by Gasteiger charge is -2.09. The molecule has 0 aliphatic rings. The van der Waals surface area contributed by atoms with Gasteiger partial charge in [0.1, 0.15) is 6.42 Å². The van der Waals surface area contributed by atoms with Crippen LogP contribution in [0.4, 0.5) is 8.78 Å². The van der Waals surface area contributed by atoms with Crippen LogP contribution in [-0.2, 0) is 10.7 Å². The fourth-order valence-electron chi connectivity index (χ4n) is 0.764. The summed E-state index contributed by atoms with van der Waals surface area (Å²) < 4.78 is 29.9. The zero-order chi connectivity index (χ0) is 9.19. The van der Waals surface area contributed by atoms with Gasteiger partial charge in [-0.3, -0.25) is 4.79 Å². The van der Waals surface area contributed by atoms with Gasteiger partial charge in [-0.05, 0) is 12.1 Å². The highest BCUT2D eigenvalue weighted by Gasteiger charge is 2.37. The molecule has 1 aromatic heterocycles. The van der Waals surface area contributed by atoms with Crippen molar-refractivity contribution in [2.24, 2.45) is 0 Å². The van der Waals surface area contributed by atoms with E-state index in [1.54, 1.807) is 0 Å². The maximum absolute atomic E-state index is 12.8. The third kappa shape index (κ3) is 1.81. The van der Waals surface area contributed by atoms with Crippen LogP contribution in [0, 0.1) is 0 Å². The van der Waals surface area contributed by atoms with Crippen LogP contribution in [0.25, 0.3) is 0 Å². The molecule has 0 saturated heterocycles. The van der Waals surface area contributed by atoms with E-state index in [1.165, 1.54) is 6.07 Å². The summed E-state index contributed by atoms with van der Waals surface area (Å²) >= 11 is 0. The zero-order valence-corrected chi connectivity index (χ0v) is 5.96. The summed E-state index contributed by atoms with van der Waals surface area (Å²) in [4.78, 5) is 9.99.